The number of benzene rings is 1. The number of hydrogen-bond acceptors (Lipinski definition) is 2. The summed E-state index contributed by atoms with van der Waals surface area (Å²) in [5.41, 5.74) is 1.24. The van der Waals surface area contributed by atoms with E-state index in [1.165, 1.54) is 5.56 Å². The van der Waals surface area contributed by atoms with Crippen LogP contribution in [0.5, 0.6) is 0 Å². The van der Waals surface area contributed by atoms with Crippen LogP contribution in [0.4, 0.5) is 0 Å². The minimum atomic E-state index is 0.518. The zero-order valence-electron chi connectivity index (χ0n) is 9.02. The molecule has 0 bridgehead atoms. The fraction of sp³-hybridized carbons (Fsp3) is 0.385. The molecule has 1 aliphatic rings. The summed E-state index contributed by atoms with van der Waals surface area (Å²) >= 11 is 0. The van der Waals surface area contributed by atoms with Crippen molar-refractivity contribution in [3.63, 3.8) is 0 Å². The van der Waals surface area contributed by atoms with Gasteiger partial charge in [0.1, 0.15) is 0 Å². The minimum absolute atomic E-state index is 0.518. The Balaban J connectivity index is 1.64. The van der Waals surface area contributed by atoms with Gasteiger partial charge < -0.3 is 10.1 Å². The number of ether oxygens (including phenoxy) is 1. The third-order valence-corrected chi connectivity index (χ3v) is 2.54. The molecular formula is C13H17NO. The Morgan fingerprint density at radius 2 is 2.13 bits per heavy atom. The molecule has 1 aromatic rings. The predicted octanol–water partition coefficient (Wildman–Crippen LogP) is 2.12. The first-order chi connectivity index (χ1) is 7.40. The lowest BCUT2D eigenvalue weighted by molar-refractivity contribution is 0.122. The Morgan fingerprint density at radius 3 is 2.87 bits per heavy atom. The topological polar surface area (TPSA) is 31.2 Å². The summed E-state index contributed by atoms with van der Waals surface area (Å²) in [5.74, 6) is 0. The van der Waals surface area contributed by atoms with Gasteiger partial charge in [0.2, 0.25) is 0 Å². The second-order valence-electron chi connectivity index (χ2n) is 3.83. The van der Waals surface area contributed by atoms with E-state index in [2.05, 4.69) is 29.6 Å². The molecule has 80 valence electrons. The lowest BCUT2D eigenvalue weighted by atomic mass is 10.2. The third kappa shape index (κ3) is 3.18. The fourth-order valence-corrected chi connectivity index (χ4v) is 1.62. The van der Waals surface area contributed by atoms with Crippen LogP contribution in [0, 0.1) is 0 Å². The van der Waals surface area contributed by atoms with Gasteiger partial charge in [-0.2, -0.15) is 0 Å². The first-order valence-corrected chi connectivity index (χ1v) is 5.40. The number of hydrogen-bond donors (Lipinski definition) is 1. The molecule has 0 aromatic heterocycles. The van der Waals surface area contributed by atoms with Crippen LogP contribution in [0.3, 0.4) is 0 Å². The van der Waals surface area contributed by atoms with Gasteiger partial charge in [0.05, 0.1) is 13.2 Å². The maximum Gasteiger partial charge on any atom is 0.0717 e. The van der Waals surface area contributed by atoms with Gasteiger partial charge in [0, 0.05) is 12.1 Å². The summed E-state index contributed by atoms with van der Waals surface area (Å²) < 4.78 is 5.62. The summed E-state index contributed by atoms with van der Waals surface area (Å²) in [7, 11) is 0. The molecule has 0 spiro atoms. The van der Waals surface area contributed by atoms with Gasteiger partial charge in [0.15, 0.2) is 0 Å². The smallest absolute Gasteiger partial charge is 0.0717 e. The summed E-state index contributed by atoms with van der Waals surface area (Å²) in [6.07, 6.45) is 4.26. The average Bonchev–Trinajstić information content (AvgIpc) is 2.99. The van der Waals surface area contributed by atoms with E-state index in [0.29, 0.717) is 18.7 Å². The number of allylic oxidation sites excluding steroid dienone is 1. The van der Waals surface area contributed by atoms with Crippen LogP contribution >= 0.6 is 0 Å². The number of nitrogens with one attached hydrogen (secondary N) is 1. The number of rotatable bonds is 5. The average molecular weight is 203 g/mol. The van der Waals surface area contributed by atoms with Gasteiger partial charge in [-0.25, -0.2) is 0 Å². The van der Waals surface area contributed by atoms with Crippen LogP contribution in [-0.4, -0.2) is 18.7 Å². The molecule has 1 heterocycles. The zero-order chi connectivity index (χ0) is 10.5. The Labute approximate surface area is 91.0 Å². The van der Waals surface area contributed by atoms with Crippen molar-refractivity contribution < 1.29 is 4.74 Å². The standard InChI is InChI=1S/C13H17NO/c1-2-6-12-13(14-12)10-15-9-11-7-4-3-5-8-11/h2-8,12-14H,9-10H2,1H3/b6-2+/t12-,13-/m1/s1. The highest BCUT2D eigenvalue weighted by Gasteiger charge is 2.33. The van der Waals surface area contributed by atoms with E-state index in [-0.39, 0.29) is 0 Å². The third-order valence-electron chi connectivity index (χ3n) is 2.54. The molecule has 1 aliphatic heterocycles. The SMILES string of the molecule is C/C=C/[C@H]1N[C@@H]1COCc1ccccc1. The van der Waals surface area contributed by atoms with Crippen LogP contribution < -0.4 is 5.32 Å². The van der Waals surface area contributed by atoms with Crippen molar-refractivity contribution in [3.05, 3.63) is 48.0 Å². The highest BCUT2D eigenvalue weighted by molar-refractivity contribution is 5.14. The molecule has 0 saturated carbocycles. The molecule has 0 unspecified atom stereocenters. The summed E-state index contributed by atoms with van der Waals surface area (Å²) in [6.45, 7) is 3.55. The second kappa shape index (κ2) is 5.10. The quantitative estimate of drug-likeness (QED) is 0.587. The lowest BCUT2D eigenvalue weighted by Crippen LogP contribution is -2.05. The van der Waals surface area contributed by atoms with E-state index < -0.39 is 0 Å². The van der Waals surface area contributed by atoms with Gasteiger partial charge in [-0.05, 0) is 12.5 Å². The fourth-order valence-electron chi connectivity index (χ4n) is 1.62. The van der Waals surface area contributed by atoms with Crippen molar-refractivity contribution in [1.82, 2.24) is 5.32 Å². The molecule has 0 radical (unpaired) electrons. The monoisotopic (exact) mass is 203 g/mol. The van der Waals surface area contributed by atoms with E-state index in [0.717, 1.165) is 6.61 Å². The van der Waals surface area contributed by atoms with Gasteiger partial charge in [-0.3, -0.25) is 0 Å². The minimum Gasteiger partial charge on any atom is -0.375 e. The Hall–Kier alpha value is -1.12. The van der Waals surface area contributed by atoms with Crippen LogP contribution in [0.2, 0.25) is 0 Å². The largest absolute Gasteiger partial charge is 0.375 e. The molecular weight excluding hydrogens is 186 g/mol. The Morgan fingerprint density at radius 1 is 1.33 bits per heavy atom. The van der Waals surface area contributed by atoms with Crippen LogP contribution in [0.1, 0.15) is 12.5 Å². The summed E-state index contributed by atoms with van der Waals surface area (Å²) in [4.78, 5) is 0. The maximum atomic E-state index is 5.62. The van der Waals surface area contributed by atoms with Gasteiger partial charge in [-0.15, -0.1) is 0 Å². The second-order valence-corrected chi connectivity index (χ2v) is 3.83. The Kier molecular flexibility index (Phi) is 3.54. The predicted molar refractivity (Wildman–Crippen MR) is 61.6 cm³/mol. The molecule has 15 heavy (non-hydrogen) atoms. The molecule has 2 atom stereocenters. The van der Waals surface area contributed by atoms with Crippen LogP contribution in [0.25, 0.3) is 0 Å². The normalized spacial score (nSPS) is 24.6. The summed E-state index contributed by atoms with van der Waals surface area (Å²) in [5, 5.41) is 3.34. The van der Waals surface area contributed by atoms with Gasteiger partial charge in [-0.1, -0.05) is 42.5 Å². The molecule has 2 nitrogen and oxygen atoms in total. The van der Waals surface area contributed by atoms with Crippen molar-refractivity contribution in [3.8, 4) is 0 Å². The summed E-state index contributed by atoms with van der Waals surface area (Å²) in [6, 6.07) is 11.3. The van der Waals surface area contributed by atoms with Crippen molar-refractivity contribution in [1.29, 1.82) is 0 Å². The van der Waals surface area contributed by atoms with E-state index in [4.69, 9.17) is 4.74 Å². The van der Waals surface area contributed by atoms with Crippen molar-refractivity contribution >= 4 is 0 Å². The van der Waals surface area contributed by atoms with E-state index >= 15 is 0 Å². The van der Waals surface area contributed by atoms with E-state index in [1.54, 1.807) is 0 Å². The van der Waals surface area contributed by atoms with Crippen molar-refractivity contribution in [2.24, 2.45) is 0 Å². The van der Waals surface area contributed by atoms with E-state index in [9.17, 15) is 0 Å². The van der Waals surface area contributed by atoms with Gasteiger partial charge >= 0.3 is 0 Å². The maximum absolute atomic E-state index is 5.62. The molecule has 1 fully saturated rings. The highest BCUT2D eigenvalue weighted by atomic mass is 16.5. The molecule has 0 aliphatic carbocycles. The van der Waals surface area contributed by atoms with Crippen LogP contribution in [-0.2, 0) is 11.3 Å². The molecule has 2 rings (SSSR count). The van der Waals surface area contributed by atoms with E-state index in [1.807, 2.05) is 25.1 Å². The van der Waals surface area contributed by atoms with Crippen molar-refractivity contribution in [2.75, 3.05) is 6.61 Å². The van der Waals surface area contributed by atoms with Crippen LogP contribution in [0.15, 0.2) is 42.5 Å². The first kappa shape index (κ1) is 10.4. The molecule has 1 N–H and O–H groups in total. The first-order valence-electron chi connectivity index (χ1n) is 5.40. The molecule has 2 heteroatoms. The highest BCUT2D eigenvalue weighted by Crippen LogP contribution is 2.13. The van der Waals surface area contributed by atoms with Gasteiger partial charge in [0.25, 0.3) is 0 Å². The lowest BCUT2D eigenvalue weighted by Gasteiger charge is -2.02. The zero-order valence-corrected chi connectivity index (χ0v) is 9.02. The molecule has 0 amide bonds. The van der Waals surface area contributed by atoms with Crippen molar-refractivity contribution in [2.45, 2.75) is 25.6 Å². The molecule has 1 aromatic carbocycles. The molecule has 1 saturated heterocycles. The Bertz CT molecular complexity index is 321.